The highest BCUT2D eigenvalue weighted by Crippen LogP contribution is 2.13. The molecule has 1 amide bonds. The van der Waals surface area contributed by atoms with Crippen LogP contribution in [0.2, 0.25) is 0 Å². The summed E-state index contributed by atoms with van der Waals surface area (Å²) in [6.07, 6.45) is 1.42. The van der Waals surface area contributed by atoms with Gasteiger partial charge in [0, 0.05) is 18.7 Å². The SMILES string of the molecule is COc1ccc(CNC(=O)c2ccc3[nH]c(=O)n(CCCc4ccccc4)c(=O)c3c2)cc1. The molecule has 0 atom stereocenters. The van der Waals surface area contributed by atoms with Crippen LogP contribution in [0, 0.1) is 0 Å². The highest BCUT2D eigenvalue weighted by molar-refractivity contribution is 5.97. The van der Waals surface area contributed by atoms with Gasteiger partial charge in [-0.2, -0.15) is 0 Å². The minimum atomic E-state index is -0.447. The number of aromatic nitrogens is 2. The number of aromatic amines is 1. The van der Waals surface area contributed by atoms with E-state index in [-0.39, 0.29) is 5.91 Å². The summed E-state index contributed by atoms with van der Waals surface area (Å²) in [6.45, 7) is 0.642. The van der Waals surface area contributed by atoms with Crippen molar-refractivity contribution >= 4 is 16.8 Å². The lowest BCUT2D eigenvalue weighted by Gasteiger charge is -2.09. The van der Waals surface area contributed by atoms with Gasteiger partial charge in [0.1, 0.15) is 5.75 Å². The van der Waals surface area contributed by atoms with E-state index in [1.807, 2.05) is 54.6 Å². The largest absolute Gasteiger partial charge is 0.497 e. The van der Waals surface area contributed by atoms with Crippen LogP contribution in [-0.2, 0) is 19.5 Å². The number of carbonyl (C=O) groups excluding carboxylic acids is 1. The quantitative estimate of drug-likeness (QED) is 0.437. The summed E-state index contributed by atoms with van der Waals surface area (Å²) in [5.41, 5.74) is 2.00. The maximum absolute atomic E-state index is 13.0. The number of ether oxygens (including phenoxy) is 1. The number of hydrogen-bond donors (Lipinski definition) is 2. The number of nitrogens with zero attached hydrogens (tertiary/aromatic N) is 1. The van der Waals surface area contributed by atoms with Crippen LogP contribution in [-0.4, -0.2) is 22.6 Å². The van der Waals surface area contributed by atoms with Crippen molar-refractivity contribution in [2.75, 3.05) is 7.11 Å². The van der Waals surface area contributed by atoms with Gasteiger partial charge in [-0.1, -0.05) is 42.5 Å². The lowest BCUT2D eigenvalue weighted by molar-refractivity contribution is 0.0951. The lowest BCUT2D eigenvalue weighted by Crippen LogP contribution is -2.35. The van der Waals surface area contributed by atoms with Crippen LogP contribution < -0.4 is 21.3 Å². The number of carbonyl (C=O) groups is 1. The topological polar surface area (TPSA) is 93.2 Å². The van der Waals surface area contributed by atoms with Crippen LogP contribution in [0.5, 0.6) is 5.75 Å². The summed E-state index contributed by atoms with van der Waals surface area (Å²) < 4.78 is 6.34. The van der Waals surface area contributed by atoms with Gasteiger partial charge < -0.3 is 15.0 Å². The second-order valence-electron chi connectivity index (χ2n) is 7.77. The summed E-state index contributed by atoms with van der Waals surface area (Å²) in [4.78, 5) is 40.9. The van der Waals surface area contributed by atoms with Crippen LogP contribution >= 0.6 is 0 Å². The Morgan fingerprint density at radius 3 is 2.45 bits per heavy atom. The van der Waals surface area contributed by atoms with E-state index in [0.717, 1.165) is 23.3 Å². The molecule has 4 rings (SSSR count). The van der Waals surface area contributed by atoms with Crippen molar-refractivity contribution in [3.63, 3.8) is 0 Å². The summed E-state index contributed by atoms with van der Waals surface area (Å²) in [7, 11) is 1.60. The molecule has 0 saturated heterocycles. The molecule has 4 aromatic rings. The minimum Gasteiger partial charge on any atom is -0.497 e. The Labute approximate surface area is 190 Å². The fraction of sp³-hybridized carbons (Fsp3) is 0.192. The zero-order chi connectivity index (χ0) is 23.2. The van der Waals surface area contributed by atoms with Gasteiger partial charge >= 0.3 is 5.69 Å². The molecule has 7 nitrogen and oxygen atoms in total. The van der Waals surface area contributed by atoms with Gasteiger partial charge in [0.15, 0.2) is 0 Å². The molecular formula is C26H25N3O4. The number of methoxy groups -OCH3 is 1. The third-order valence-electron chi connectivity index (χ3n) is 5.55. The van der Waals surface area contributed by atoms with Crippen molar-refractivity contribution in [1.82, 2.24) is 14.9 Å². The Morgan fingerprint density at radius 1 is 0.970 bits per heavy atom. The Bertz CT molecular complexity index is 1370. The van der Waals surface area contributed by atoms with Crippen LogP contribution in [0.1, 0.15) is 27.9 Å². The molecule has 0 aliphatic carbocycles. The van der Waals surface area contributed by atoms with Crippen LogP contribution in [0.15, 0.2) is 82.4 Å². The Morgan fingerprint density at radius 2 is 1.73 bits per heavy atom. The van der Waals surface area contributed by atoms with Crippen molar-refractivity contribution in [3.05, 3.63) is 110 Å². The number of H-pyrrole nitrogens is 1. The summed E-state index contributed by atoms with van der Waals surface area (Å²) in [5, 5.41) is 3.17. The van der Waals surface area contributed by atoms with Crippen LogP contribution in [0.3, 0.4) is 0 Å². The van der Waals surface area contributed by atoms with E-state index in [4.69, 9.17) is 4.74 Å². The smallest absolute Gasteiger partial charge is 0.328 e. The minimum absolute atomic E-state index is 0.297. The van der Waals surface area contributed by atoms with Gasteiger partial charge in [-0.05, 0) is 54.3 Å². The first-order valence-corrected chi connectivity index (χ1v) is 10.8. The molecule has 0 fully saturated rings. The Kier molecular flexibility index (Phi) is 6.69. The van der Waals surface area contributed by atoms with E-state index < -0.39 is 11.2 Å². The third kappa shape index (κ3) is 5.20. The molecule has 168 valence electrons. The molecule has 1 aromatic heterocycles. The van der Waals surface area contributed by atoms with E-state index in [1.54, 1.807) is 19.2 Å². The highest BCUT2D eigenvalue weighted by Gasteiger charge is 2.12. The third-order valence-corrected chi connectivity index (χ3v) is 5.55. The molecule has 33 heavy (non-hydrogen) atoms. The molecule has 3 aromatic carbocycles. The average molecular weight is 444 g/mol. The molecule has 7 heteroatoms. The molecule has 0 aliphatic rings. The Hall–Kier alpha value is -4.13. The number of aryl methyl sites for hydroxylation is 1. The number of amides is 1. The first kappa shape index (κ1) is 22.1. The van der Waals surface area contributed by atoms with Gasteiger partial charge in [-0.15, -0.1) is 0 Å². The zero-order valence-electron chi connectivity index (χ0n) is 18.3. The monoisotopic (exact) mass is 443 g/mol. The van der Waals surface area contributed by atoms with E-state index >= 15 is 0 Å². The van der Waals surface area contributed by atoms with E-state index in [2.05, 4.69) is 10.3 Å². The zero-order valence-corrected chi connectivity index (χ0v) is 18.3. The van der Waals surface area contributed by atoms with Gasteiger partial charge in [-0.25, -0.2) is 4.79 Å². The molecule has 2 N–H and O–H groups in total. The maximum atomic E-state index is 13.0. The second-order valence-corrected chi connectivity index (χ2v) is 7.77. The van der Waals surface area contributed by atoms with Gasteiger partial charge in [-0.3, -0.25) is 14.2 Å². The summed E-state index contributed by atoms with van der Waals surface area (Å²) >= 11 is 0. The van der Waals surface area contributed by atoms with E-state index in [9.17, 15) is 14.4 Å². The molecule has 0 saturated carbocycles. The van der Waals surface area contributed by atoms with E-state index in [1.165, 1.54) is 10.6 Å². The molecule has 1 heterocycles. The van der Waals surface area contributed by atoms with Crippen molar-refractivity contribution in [1.29, 1.82) is 0 Å². The van der Waals surface area contributed by atoms with Crippen molar-refractivity contribution in [2.24, 2.45) is 0 Å². The predicted molar refractivity (Wildman–Crippen MR) is 128 cm³/mol. The van der Waals surface area contributed by atoms with Crippen molar-refractivity contribution in [2.45, 2.75) is 25.9 Å². The summed E-state index contributed by atoms with van der Waals surface area (Å²) in [6, 6.07) is 22.0. The first-order chi connectivity index (χ1) is 16.0. The molecule has 0 aliphatic heterocycles. The van der Waals surface area contributed by atoms with Crippen LogP contribution in [0.4, 0.5) is 0 Å². The number of nitrogens with one attached hydrogen (secondary N) is 2. The highest BCUT2D eigenvalue weighted by atomic mass is 16.5. The standard InChI is InChI=1S/C26H25N3O4/c1-33-21-12-9-19(10-13-21)17-27-24(30)20-11-14-23-22(16-20)25(31)29(26(32)28-23)15-5-8-18-6-3-2-4-7-18/h2-4,6-7,9-14,16H,5,8,15,17H2,1H3,(H,27,30)(H,28,32). The van der Waals surface area contributed by atoms with Crippen molar-refractivity contribution in [3.8, 4) is 5.75 Å². The number of fused-ring (bicyclic) bond motifs is 1. The number of benzene rings is 3. The fourth-order valence-electron chi connectivity index (χ4n) is 3.71. The summed E-state index contributed by atoms with van der Waals surface area (Å²) in [5.74, 6) is 0.447. The predicted octanol–water partition coefficient (Wildman–Crippen LogP) is 3.26. The molecular weight excluding hydrogens is 418 g/mol. The molecule has 0 radical (unpaired) electrons. The van der Waals surface area contributed by atoms with Crippen molar-refractivity contribution < 1.29 is 9.53 Å². The molecule has 0 unspecified atom stereocenters. The van der Waals surface area contributed by atoms with Gasteiger partial charge in [0.25, 0.3) is 11.5 Å². The number of hydrogen-bond acceptors (Lipinski definition) is 4. The Balaban J connectivity index is 1.50. The maximum Gasteiger partial charge on any atom is 0.328 e. The van der Waals surface area contributed by atoms with Crippen LogP contribution in [0.25, 0.3) is 10.9 Å². The fourth-order valence-corrected chi connectivity index (χ4v) is 3.71. The van der Waals surface area contributed by atoms with Gasteiger partial charge in [0.2, 0.25) is 0 Å². The average Bonchev–Trinajstić information content (AvgIpc) is 2.85. The molecule has 0 bridgehead atoms. The lowest BCUT2D eigenvalue weighted by atomic mass is 10.1. The number of rotatable bonds is 8. The second kappa shape index (κ2) is 9.99. The van der Waals surface area contributed by atoms with E-state index in [0.29, 0.717) is 36.0 Å². The normalized spacial score (nSPS) is 10.8. The molecule has 0 spiro atoms. The first-order valence-electron chi connectivity index (χ1n) is 10.8. The van der Waals surface area contributed by atoms with Gasteiger partial charge in [0.05, 0.1) is 18.0 Å².